The molecule has 0 spiro atoms. The van der Waals surface area contributed by atoms with Crippen LogP contribution in [-0.2, 0) is 21.2 Å². The van der Waals surface area contributed by atoms with Gasteiger partial charge in [0.05, 0.1) is 4.90 Å². The fourth-order valence-electron chi connectivity index (χ4n) is 2.66. The molecule has 0 radical (unpaired) electrons. The van der Waals surface area contributed by atoms with E-state index in [9.17, 15) is 13.2 Å². The second-order valence-corrected chi connectivity index (χ2v) is 9.95. The third kappa shape index (κ3) is 7.09. The Bertz CT molecular complexity index is 870. The normalized spacial score (nSPS) is 13.1. The number of nitrogens with one attached hydrogen (secondary N) is 2. The molecule has 0 heterocycles. The molecule has 0 saturated carbocycles. The van der Waals surface area contributed by atoms with Crippen molar-refractivity contribution in [1.29, 1.82) is 0 Å². The van der Waals surface area contributed by atoms with Gasteiger partial charge in [0.2, 0.25) is 15.9 Å². The van der Waals surface area contributed by atoms with E-state index >= 15 is 0 Å². The molecular formula is C22H30N2O3S. The summed E-state index contributed by atoms with van der Waals surface area (Å²) in [5.74, 6) is 0.00461. The van der Waals surface area contributed by atoms with E-state index in [4.69, 9.17) is 0 Å². The van der Waals surface area contributed by atoms with Gasteiger partial charge in [0.25, 0.3) is 0 Å². The second kappa shape index (κ2) is 9.34. The predicted molar refractivity (Wildman–Crippen MR) is 112 cm³/mol. The van der Waals surface area contributed by atoms with E-state index in [0.717, 1.165) is 11.1 Å². The zero-order chi connectivity index (χ0) is 20.8. The summed E-state index contributed by atoms with van der Waals surface area (Å²) in [5.41, 5.74) is 1.89. The number of sulfonamides is 1. The van der Waals surface area contributed by atoms with Crippen molar-refractivity contribution in [1.82, 2.24) is 10.0 Å². The Hall–Kier alpha value is -2.18. The van der Waals surface area contributed by atoms with Crippen molar-refractivity contribution in [2.24, 2.45) is 5.41 Å². The van der Waals surface area contributed by atoms with Gasteiger partial charge in [-0.25, -0.2) is 13.1 Å². The maximum atomic E-state index is 12.6. The van der Waals surface area contributed by atoms with Crippen LogP contribution >= 0.6 is 0 Å². The number of benzene rings is 2. The van der Waals surface area contributed by atoms with Crippen molar-refractivity contribution in [3.63, 3.8) is 0 Å². The van der Waals surface area contributed by atoms with Gasteiger partial charge in [0, 0.05) is 19.0 Å². The molecule has 1 amide bonds. The SMILES string of the molecule is C[C@H](NS(=O)(=O)c1ccc(CCC(=O)NCC(C)(C)C)cc1)c1ccccc1. The van der Waals surface area contributed by atoms with Crippen LogP contribution in [0.1, 0.15) is 51.3 Å². The van der Waals surface area contributed by atoms with Crippen LogP contribution in [0.4, 0.5) is 0 Å². The Morgan fingerprint density at radius 3 is 2.18 bits per heavy atom. The number of aryl methyl sites for hydroxylation is 1. The predicted octanol–water partition coefficient (Wildman–Crippen LogP) is 3.82. The van der Waals surface area contributed by atoms with Crippen molar-refractivity contribution in [2.75, 3.05) is 6.54 Å². The molecule has 28 heavy (non-hydrogen) atoms. The molecule has 0 bridgehead atoms. The van der Waals surface area contributed by atoms with Gasteiger partial charge in [-0.15, -0.1) is 0 Å². The number of rotatable bonds is 8. The molecule has 0 fully saturated rings. The highest BCUT2D eigenvalue weighted by atomic mass is 32.2. The first kappa shape index (κ1) is 22.1. The van der Waals surface area contributed by atoms with Gasteiger partial charge in [-0.05, 0) is 42.0 Å². The molecule has 0 aliphatic heterocycles. The first-order valence-corrected chi connectivity index (χ1v) is 11.0. The van der Waals surface area contributed by atoms with Crippen LogP contribution in [-0.4, -0.2) is 20.9 Å². The minimum Gasteiger partial charge on any atom is -0.356 e. The second-order valence-electron chi connectivity index (χ2n) is 8.23. The molecule has 5 nitrogen and oxygen atoms in total. The first-order chi connectivity index (χ1) is 13.1. The average molecular weight is 403 g/mol. The smallest absolute Gasteiger partial charge is 0.241 e. The van der Waals surface area contributed by atoms with Crippen LogP contribution in [0.25, 0.3) is 0 Å². The number of hydrogen-bond donors (Lipinski definition) is 2. The quantitative estimate of drug-likeness (QED) is 0.705. The molecule has 2 aromatic carbocycles. The van der Waals surface area contributed by atoms with Crippen molar-refractivity contribution in [3.8, 4) is 0 Å². The fraction of sp³-hybridized carbons (Fsp3) is 0.409. The Morgan fingerprint density at radius 2 is 1.61 bits per heavy atom. The molecule has 0 saturated heterocycles. The Kier molecular flexibility index (Phi) is 7.38. The minimum absolute atomic E-state index is 0.00461. The monoisotopic (exact) mass is 402 g/mol. The number of hydrogen-bond acceptors (Lipinski definition) is 3. The van der Waals surface area contributed by atoms with Crippen LogP contribution in [0.5, 0.6) is 0 Å². The third-order valence-corrected chi connectivity index (χ3v) is 5.88. The number of amides is 1. The number of carbonyl (C=O) groups excluding carboxylic acids is 1. The third-order valence-electron chi connectivity index (χ3n) is 4.32. The maximum Gasteiger partial charge on any atom is 0.241 e. The van der Waals surface area contributed by atoms with Gasteiger partial charge in [0.1, 0.15) is 0 Å². The van der Waals surface area contributed by atoms with Crippen LogP contribution in [0, 0.1) is 5.41 Å². The molecule has 0 unspecified atom stereocenters. The lowest BCUT2D eigenvalue weighted by Crippen LogP contribution is -2.32. The minimum atomic E-state index is -3.61. The van der Waals surface area contributed by atoms with Crippen molar-refractivity contribution in [2.45, 2.75) is 51.5 Å². The molecular weight excluding hydrogens is 372 g/mol. The van der Waals surface area contributed by atoms with E-state index in [1.165, 1.54) is 0 Å². The molecule has 2 N–H and O–H groups in total. The summed E-state index contributed by atoms with van der Waals surface area (Å²) in [7, 11) is -3.61. The van der Waals surface area contributed by atoms with Crippen LogP contribution in [0.3, 0.4) is 0 Å². The Morgan fingerprint density at radius 1 is 1.00 bits per heavy atom. The van der Waals surface area contributed by atoms with Crippen LogP contribution in [0.15, 0.2) is 59.5 Å². The zero-order valence-corrected chi connectivity index (χ0v) is 17.8. The van der Waals surface area contributed by atoms with E-state index in [1.807, 2.05) is 37.3 Å². The van der Waals surface area contributed by atoms with Crippen molar-refractivity contribution >= 4 is 15.9 Å². The van der Waals surface area contributed by atoms with Gasteiger partial charge in [-0.1, -0.05) is 63.2 Å². The highest BCUT2D eigenvalue weighted by molar-refractivity contribution is 7.89. The van der Waals surface area contributed by atoms with Gasteiger partial charge in [-0.3, -0.25) is 4.79 Å². The molecule has 2 rings (SSSR count). The highest BCUT2D eigenvalue weighted by Gasteiger charge is 2.18. The number of carbonyl (C=O) groups is 1. The molecule has 0 aliphatic carbocycles. The molecule has 0 aromatic heterocycles. The van der Waals surface area contributed by atoms with Gasteiger partial charge in [-0.2, -0.15) is 0 Å². The molecule has 6 heteroatoms. The Labute approximate surface area is 168 Å². The maximum absolute atomic E-state index is 12.6. The summed E-state index contributed by atoms with van der Waals surface area (Å²) >= 11 is 0. The lowest BCUT2D eigenvalue weighted by molar-refractivity contribution is -0.121. The van der Waals surface area contributed by atoms with Crippen LogP contribution in [0.2, 0.25) is 0 Å². The summed E-state index contributed by atoms with van der Waals surface area (Å²) in [6, 6.07) is 15.8. The lowest BCUT2D eigenvalue weighted by atomic mass is 9.97. The fourth-order valence-corrected chi connectivity index (χ4v) is 3.89. The van der Waals surface area contributed by atoms with E-state index < -0.39 is 10.0 Å². The van der Waals surface area contributed by atoms with Crippen LogP contribution < -0.4 is 10.0 Å². The first-order valence-electron chi connectivity index (χ1n) is 9.50. The molecule has 1 atom stereocenters. The standard InChI is InChI=1S/C22H30N2O3S/c1-17(19-8-6-5-7-9-19)24-28(26,27)20-13-10-18(11-14-20)12-15-21(25)23-16-22(2,3)4/h5-11,13-14,17,24H,12,15-16H2,1-4H3,(H,23,25)/t17-/m0/s1. The van der Waals surface area contributed by atoms with Crippen molar-refractivity contribution < 1.29 is 13.2 Å². The average Bonchev–Trinajstić information content (AvgIpc) is 2.65. The molecule has 0 aliphatic rings. The van der Waals surface area contributed by atoms with Gasteiger partial charge >= 0.3 is 0 Å². The highest BCUT2D eigenvalue weighted by Crippen LogP contribution is 2.18. The summed E-state index contributed by atoms with van der Waals surface area (Å²) in [4.78, 5) is 12.1. The summed E-state index contributed by atoms with van der Waals surface area (Å²) in [6.45, 7) is 8.66. The van der Waals surface area contributed by atoms with E-state index in [0.29, 0.717) is 19.4 Å². The van der Waals surface area contributed by atoms with Gasteiger partial charge < -0.3 is 5.32 Å². The summed E-state index contributed by atoms with van der Waals surface area (Å²) in [5, 5.41) is 2.92. The lowest BCUT2D eigenvalue weighted by Gasteiger charge is -2.18. The van der Waals surface area contributed by atoms with E-state index in [-0.39, 0.29) is 22.3 Å². The summed E-state index contributed by atoms with van der Waals surface area (Å²) < 4.78 is 27.9. The zero-order valence-electron chi connectivity index (χ0n) is 17.0. The van der Waals surface area contributed by atoms with E-state index in [2.05, 4.69) is 30.8 Å². The van der Waals surface area contributed by atoms with Crippen molar-refractivity contribution in [3.05, 3.63) is 65.7 Å². The van der Waals surface area contributed by atoms with Gasteiger partial charge in [0.15, 0.2) is 0 Å². The molecule has 2 aromatic rings. The molecule has 152 valence electrons. The Balaban J connectivity index is 1.93. The topological polar surface area (TPSA) is 75.3 Å². The largest absolute Gasteiger partial charge is 0.356 e. The summed E-state index contributed by atoms with van der Waals surface area (Å²) in [6.07, 6.45) is 0.954. The van der Waals surface area contributed by atoms with E-state index in [1.54, 1.807) is 24.3 Å².